The largest absolute Gasteiger partial charge is 0.368 e. The summed E-state index contributed by atoms with van der Waals surface area (Å²) in [7, 11) is 0. The van der Waals surface area contributed by atoms with Crippen LogP contribution in [0.4, 0.5) is 0 Å². The first-order valence-corrected chi connectivity index (χ1v) is 11.3. The average Bonchev–Trinajstić information content (AvgIpc) is 3.14. The van der Waals surface area contributed by atoms with Crippen LogP contribution in [-0.4, -0.2) is 41.5 Å². The molecule has 0 spiro atoms. The highest BCUT2D eigenvalue weighted by molar-refractivity contribution is 5.35. The summed E-state index contributed by atoms with van der Waals surface area (Å²) in [6, 6.07) is 10.5. The van der Waals surface area contributed by atoms with Gasteiger partial charge in [-0.05, 0) is 81.7 Å². The van der Waals surface area contributed by atoms with E-state index in [9.17, 15) is 0 Å². The molecular weight excluding hydrogens is 328 g/mol. The predicted molar refractivity (Wildman–Crippen MR) is 115 cm³/mol. The monoisotopic (exact) mass is 364 g/mol. The number of hydrogen-bond donors (Lipinski definition) is 0. The Morgan fingerprint density at radius 3 is 2.59 bits per heavy atom. The molecule has 3 aliphatic rings. The number of rotatable bonds is 7. The number of likely N-dealkylation sites (tertiary alicyclic amines) is 1. The lowest BCUT2D eigenvalue weighted by Gasteiger charge is -2.39. The second-order valence-electron chi connectivity index (χ2n) is 8.61. The van der Waals surface area contributed by atoms with Gasteiger partial charge in [0.15, 0.2) is 0 Å². The molecule has 2 nitrogen and oxygen atoms in total. The first kappa shape index (κ1) is 18.8. The second-order valence-corrected chi connectivity index (χ2v) is 8.61. The van der Waals surface area contributed by atoms with E-state index in [0.717, 1.165) is 6.04 Å². The summed E-state index contributed by atoms with van der Waals surface area (Å²) in [6.07, 6.45) is 18.9. The van der Waals surface area contributed by atoms with Crippen molar-refractivity contribution >= 4 is 0 Å². The number of allylic oxidation sites excluding steroid dienone is 3. The Kier molecular flexibility index (Phi) is 6.34. The van der Waals surface area contributed by atoms with Gasteiger partial charge in [0.05, 0.1) is 0 Å². The Morgan fingerprint density at radius 2 is 1.89 bits per heavy atom. The number of fused-ring (bicyclic) bond motifs is 1. The van der Waals surface area contributed by atoms with Crippen LogP contribution < -0.4 is 0 Å². The SMILES string of the molecule is CCCN1CCCC[C@H]1CCN(C1=CCCC=C1)C1Cc2ccccc2C1. The summed E-state index contributed by atoms with van der Waals surface area (Å²) in [6.45, 7) is 6.13. The third kappa shape index (κ3) is 4.48. The van der Waals surface area contributed by atoms with Crippen LogP contribution in [0.5, 0.6) is 0 Å². The lowest BCUT2D eigenvalue weighted by atomic mass is 9.98. The zero-order chi connectivity index (χ0) is 18.5. The Hall–Kier alpha value is -1.54. The normalized spacial score (nSPS) is 23.3. The molecule has 1 atom stereocenters. The van der Waals surface area contributed by atoms with Gasteiger partial charge in [-0.2, -0.15) is 0 Å². The van der Waals surface area contributed by atoms with Crippen molar-refractivity contribution in [3.05, 3.63) is 59.3 Å². The van der Waals surface area contributed by atoms with Gasteiger partial charge in [-0.1, -0.05) is 49.8 Å². The molecule has 1 aromatic rings. The van der Waals surface area contributed by atoms with E-state index in [1.54, 1.807) is 11.1 Å². The highest BCUT2D eigenvalue weighted by atomic mass is 15.2. The molecule has 0 radical (unpaired) electrons. The minimum atomic E-state index is 0.639. The van der Waals surface area contributed by atoms with E-state index in [-0.39, 0.29) is 0 Å². The topological polar surface area (TPSA) is 6.48 Å². The first-order chi connectivity index (χ1) is 13.3. The summed E-state index contributed by atoms with van der Waals surface area (Å²) >= 11 is 0. The molecule has 146 valence electrons. The van der Waals surface area contributed by atoms with E-state index >= 15 is 0 Å². The molecule has 27 heavy (non-hydrogen) atoms. The molecule has 1 heterocycles. The van der Waals surface area contributed by atoms with Gasteiger partial charge in [0, 0.05) is 24.3 Å². The molecule has 0 amide bonds. The lowest BCUT2D eigenvalue weighted by Crippen LogP contribution is -2.43. The first-order valence-electron chi connectivity index (χ1n) is 11.3. The van der Waals surface area contributed by atoms with Crippen molar-refractivity contribution in [3.8, 4) is 0 Å². The van der Waals surface area contributed by atoms with Gasteiger partial charge in [-0.3, -0.25) is 0 Å². The van der Waals surface area contributed by atoms with Crippen molar-refractivity contribution in [2.75, 3.05) is 19.6 Å². The van der Waals surface area contributed by atoms with Crippen LogP contribution in [0, 0.1) is 0 Å². The maximum absolute atomic E-state index is 2.77. The Labute approximate surface area is 165 Å². The molecule has 2 heteroatoms. The van der Waals surface area contributed by atoms with Crippen LogP contribution in [0.2, 0.25) is 0 Å². The predicted octanol–water partition coefficient (Wildman–Crippen LogP) is 5.34. The van der Waals surface area contributed by atoms with Crippen LogP contribution in [0.1, 0.15) is 63.0 Å². The molecule has 1 fully saturated rings. The van der Waals surface area contributed by atoms with Gasteiger partial charge >= 0.3 is 0 Å². The summed E-state index contributed by atoms with van der Waals surface area (Å²) in [5, 5.41) is 0. The molecule has 0 unspecified atom stereocenters. The molecule has 4 rings (SSSR count). The molecule has 0 aromatic heterocycles. The molecule has 1 saturated heterocycles. The van der Waals surface area contributed by atoms with Gasteiger partial charge in [0.25, 0.3) is 0 Å². The molecule has 2 aliphatic carbocycles. The smallest absolute Gasteiger partial charge is 0.0370 e. The maximum Gasteiger partial charge on any atom is 0.0370 e. The number of benzene rings is 1. The van der Waals surface area contributed by atoms with Crippen molar-refractivity contribution in [2.45, 2.75) is 76.8 Å². The quantitative estimate of drug-likeness (QED) is 0.644. The molecule has 0 N–H and O–H groups in total. The van der Waals surface area contributed by atoms with Crippen LogP contribution >= 0.6 is 0 Å². The van der Waals surface area contributed by atoms with E-state index in [1.165, 1.54) is 83.1 Å². The summed E-state index contributed by atoms with van der Waals surface area (Å²) in [5.41, 5.74) is 4.62. The molecule has 1 aliphatic heterocycles. The second kappa shape index (κ2) is 9.10. The van der Waals surface area contributed by atoms with Crippen LogP contribution in [0.25, 0.3) is 0 Å². The standard InChI is InChI=1S/C25H36N2/c1-2-16-26-17-9-8-12-23(26)15-18-27(24-13-4-3-5-14-24)25-19-21-10-6-7-11-22(21)20-25/h4,6-7,10-11,13-14,23,25H,2-3,5,8-9,12,15-20H2,1H3/t23-/m0/s1. The van der Waals surface area contributed by atoms with Gasteiger partial charge in [-0.15, -0.1) is 0 Å². The van der Waals surface area contributed by atoms with Crippen molar-refractivity contribution in [1.29, 1.82) is 0 Å². The van der Waals surface area contributed by atoms with E-state index in [1.807, 2.05) is 0 Å². The fourth-order valence-corrected chi connectivity index (χ4v) is 5.35. The number of nitrogens with zero attached hydrogens (tertiary/aromatic N) is 2. The summed E-state index contributed by atoms with van der Waals surface area (Å²) in [5.74, 6) is 0. The zero-order valence-electron chi connectivity index (χ0n) is 17.1. The van der Waals surface area contributed by atoms with E-state index in [2.05, 4.69) is 59.2 Å². The van der Waals surface area contributed by atoms with Gasteiger partial charge < -0.3 is 9.80 Å². The minimum absolute atomic E-state index is 0.639. The fourth-order valence-electron chi connectivity index (χ4n) is 5.35. The van der Waals surface area contributed by atoms with Crippen LogP contribution in [-0.2, 0) is 12.8 Å². The maximum atomic E-state index is 2.77. The van der Waals surface area contributed by atoms with E-state index < -0.39 is 0 Å². The van der Waals surface area contributed by atoms with Gasteiger partial charge in [0.2, 0.25) is 0 Å². The van der Waals surface area contributed by atoms with E-state index in [0.29, 0.717) is 6.04 Å². The van der Waals surface area contributed by atoms with Gasteiger partial charge in [-0.25, -0.2) is 0 Å². The van der Waals surface area contributed by atoms with Crippen LogP contribution in [0.15, 0.2) is 48.2 Å². The van der Waals surface area contributed by atoms with E-state index in [4.69, 9.17) is 0 Å². The molecule has 0 saturated carbocycles. The van der Waals surface area contributed by atoms with Gasteiger partial charge in [0.1, 0.15) is 0 Å². The summed E-state index contributed by atoms with van der Waals surface area (Å²) in [4.78, 5) is 5.53. The number of piperidine rings is 1. The Morgan fingerprint density at radius 1 is 1.07 bits per heavy atom. The average molecular weight is 365 g/mol. The van der Waals surface area contributed by atoms with Crippen molar-refractivity contribution in [3.63, 3.8) is 0 Å². The van der Waals surface area contributed by atoms with Crippen LogP contribution in [0.3, 0.4) is 0 Å². The fraction of sp³-hybridized carbons (Fsp3) is 0.600. The lowest BCUT2D eigenvalue weighted by molar-refractivity contribution is 0.125. The van der Waals surface area contributed by atoms with Crippen molar-refractivity contribution in [1.82, 2.24) is 9.80 Å². The Balaban J connectivity index is 1.46. The minimum Gasteiger partial charge on any atom is -0.368 e. The summed E-state index contributed by atoms with van der Waals surface area (Å²) < 4.78 is 0. The highest BCUT2D eigenvalue weighted by Crippen LogP contribution is 2.30. The highest BCUT2D eigenvalue weighted by Gasteiger charge is 2.29. The molecule has 1 aromatic carbocycles. The van der Waals surface area contributed by atoms with Crippen molar-refractivity contribution in [2.24, 2.45) is 0 Å². The zero-order valence-corrected chi connectivity index (χ0v) is 17.1. The third-order valence-electron chi connectivity index (χ3n) is 6.74. The third-order valence-corrected chi connectivity index (χ3v) is 6.74. The molecule has 0 bridgehead atoms. The number of hydrogen-bond acceptors (Lipinski definition) is 2. The Bertz CT molecular complexity index is 648. The molecular formula is C25H36N2. The van der Waals surface area contributed by atoms with Crippen molar-refractivity contribution < 1.29 is 0 Å².